The molecule has 0 saturated heterocycles. The summed E-state index contributed by atoms with van der Waals surface area (Å²) in [7, 11) is 0. The van der Waals surface area contributed by atoms with E-state index in [1.54, 1.807) is 11.2 Å². The van der Waals surface area contributed by atoms with Crippen LogP contribution in [0, 0.1) is 6.92 Å². The van der Waals surface area contributed by atoms with E-state index in [1.165, 1.54) is 0 Å². The fraction of sp³-hybridized carbons (Fsp3) is 0.211. The van der Waals surface area contributed by atoms with Gasteiger partial charge in [-0.15, -0.1) is 0 Å². The molecule has 0 bridgehead atoms. The van der Waals surface area contributed by atoms with E-state index in [0.717, 1.165) is 22.6 Å². The molecule has 2 aromatic heterocycles. The lowest BCUT2D eigenvalue weighted by Gasteiger charge is -2.28. The Bertz CT molecular complexity index is 873. The zero-order valence-corrected chi connectivity index (χ0v) is 13.4. The molecule has 4 rings (SSSR count). The normalized spacial score (nSPS) is 13.9. The topological polar surface area (TPSA) is 59.2 Å². The van der Waals surface area contributed by atoms with E-state index in [9.17, 15) is 4.79 Å². The summed E-state index contributed by atoms with van der Waals surface area (Å²) in [6.07, 6.45) is 2.78. The second kappa shape index (κ2) is 5.92. The van der Waals surface area contributed by atoms with Gasteiger partial charge in [0, 0.05) is 23.2 Å². The minimum Gasteiger partial charge on any atom is -0.467 e. The van der Waals surface area contributed by atoms with E-state index < -0.39 is 0 Å². The van der Waals surface area contributed by atoms with E-state index in [1.807, 2.05) is 49.4 Å². The van der Waals surface area contributed by atoms with E-state index >= 15 is 0 Å². The lowest BCUT2D eigenvalue weighted by molar-refractivity contribution is -0.119. The maximum absolute atomic E-state index is 12.5. The van der Waals surface area contributed by atoms with Gasteiger partial charge in [0.15, 0.2) is 5.82 Å². The Kier molecular flexibility index (Phi) is 3.61. The molecule has 0 saturated carbocycles. The van der Waals surface area contributed by atoms with Gasteiger partial charge in [-0.2, -0.15) is 0 Å². The highest BCUT2D eigenvalue weighted by molar-refractivity contribution is 5.95. The van der Waals surface area contributed by atoms with Crippen LogP contribution < -0.4 is 4.90 Å². The molecule has 120 valence electrons. The number of aromatic nitrogens is 2. The molecule has 0 radical (unpaired) electrons. The first-order chi connectivity index (χ1) is 11.7. The Hall–Kier alpha value is -2.95. The van der Waals surface area contributed by atoms with Crippen LogP contribution in [-0.2, 0) is 17.8 Å². The maximum atomic E-state index is 12.5. The molecule has 24 heavy (non-hydrogen) atoms. The fourth-order valence-corrected chi connectivity index (χ4v) is 3.02. The predicted octanol–water partition coefficient (Wildman–Crippen LogP) is 3.52. The van der Waals surface area contributed by atoms with Crippen LogP contribution in [-0.4, -0.2) is 15.9 Å². The van der Waals surface area contributed by atoms with Crippen molar-refractivity contribution in [1.82, 2.24) is 9.97 Å². The number of hydrogen-bond donors (Lipinski definition) is 0. The number of carbonyl (C=O) groups excluding carboxylic acids is 1. The molecule has 0 N–H and O–H groups in total. The van der Waals surface area contributed by atoms with Gasteiger partial charge in [0.2, 0.25) is 5.91 Å². The van der Waals surface area contributed by atoms with Crippen LogP contribution in [0.5, 0.6) is 0 Å². The van der Waals surface area contributed by atoms with Gasteiger partial charge in [0.05, 0.1) is 12.8 Å². The predicted molar refractivity (Wildman–Crippen MR) is 90.4 cm³/mol. The van der Waals surface area contributed by atoms with E-state index in [0.29, 0.717) is 31.0 Å². The number of nitrogens with zero attached hydrogens (tertiary/aromatic N) is 3. The molecule has 1 aromatic carbocycles. The summed E-state index contributed by atoms with van der Waals surface area (Å²) >= 11 is 0. The van der Waals surface area contributed by atoms with Crippen LogP contribution in [0.3, 0.4) is 0 Å². The number of benzene rings is 1. The van der Waals surface area contributed by atoms with Crippen molar-refractivity contribution >= 4 is 11.7 Å². The van der Waals surface area contributed by atoms with E-state index in [-0.39, 0.29) is 5.91 Å². The molecule has 1 aliphatic rings. The number of furan rings is 1. The average molecular weight is 319 g/mol. The number of hydrogen-bond acceptors (Lipinski definition) is 4. The SMILES string of the molecule is Cc1nc(-c2ccccc2)nc2c1CCC(=O)N2Cc1ccco1. The number of anilines is 1. The van der Waals surface area contributed by atoms with E-state index in [4.69, 9.17) is 9.40 Å². The smallest absolute Gasteiger partial charge is 0.228 e. The van der Waals surface area contributed by atoms with Gasteiger partial charge in [0.1, 0.15) is 11.6 Å². The summed E-state index contributed by atoms with van der Waals surface area (Å²) in [5.41, 5.74) is 2.91. The summed E-state index contributed by atoms with van der Waals surface area (Å²) < 4.78 is 5.41. The monoisotopic (exact) mass is 319 g/mol. The standard InChI is InChI=1S/C19H17N3O2/c1-13-16-9-10-17(23)22(12-15-8-5-11-24-15)19(16)21-18(20-13)14-6-3-2-4-7-14/h2-8,11H,9-10,12H2,1H3. The first-order valence-electron chi connectivity index (χ1n) is 7.98. The second-order valence-electron chi connectivity index (χ2n) is 5.86. The van der Waals surface area contributed by atoms with Crippen LogP contribution in [0.25, 0.3) is 11.4 Å². The lowest BCUT2D eigenvalue weighted by Crippen LogP contribution is -2.36. The highest BCUT2D eigenvalue weighted by Crippen LogP contribution is 2.31. The minimum atomic E-state index is 0.0658. The molecule has 0 aliphatic carbocycles. The van der Waals surface area contributed by atoms with Crippen molar-refractivity contribution in [1.29, 1.82) is 0 Å². The number of aryl methyl sites for hydroxylation is 1. The third-order valence-corrected chi connectivity index (χ3v) is 4.26. The minimum absolute atomic E-state index is 0.0658. The van der Waals surface area contributed by atoms with E-state index in [2.05, 4.69) is 4.98 Å². The summed E-state index contributed by atoms with van der Waals surface area (Å²) in [5.74, 6) is 2.16. The average Bonchev–Trinajstić information content (AvgIpc) is 3.11. The third-order valence-electron chi connectivity index (χ3n) is 4.26. The lowest BCUT2D eigenvalue weighted by atomic mass is 10.0. The quantitative estimate of drug-likeness (QED) is 0.741. The molecule has 0 fully saturated rings. The van der Waals surface area contributed by atoms with Crippen molar-refractivity contribution in [3.8, 4) is 11.4 Å². The van der Waals surface area contributed by atoms with Crippen LogP contribution in [0.4, 0.5) is 5.82 Å². The molecule has 5 heteroatoms. The number of rotatable bonds is 3. The molecule has 3 aromatic rings. The van der Waals surface area contributed by atoms with Crippen molar-refractivity contribution in [3.05, 3.63) is 65.7 Å². The third kappa shape index (κ3) is 2.58. The summed E-state index contributed by atoms with van der Waals surface area (Å²) in [4.78, 5) is 23.5. The number of carbonyl (C=O) groups is 1. The largest absolute Gasteiger partial charge is 0.467 e. The van der Waals surface area contributed by atoms with Crippen molar-refractivity contribution in [2.24, 2.45) is 0 Å². The van der Waals surface area contributed by atoms with Crippen molar-refractivity contribution in [2.45, 2.75) is 26.3 Å². The van der Waals surface area contributed by atoms with Gasteiger partial charge in [-0.25, -0.2) is 9.97 Å². The first kappa shape index (κ1) is 14.6. The first-order valence-corrected chi connectivity index (χ1v) is 7.98. The molecule has 3 heterocycles. The molecule has 1 amide bonds. The summed E-state index contributed by atoms with van der Waals surface area (Å²) in [5, 5.41) is 0. The van der Waals surface area contributed by atoms with Crippen molar-refractivity contribution in [2.75, 3.05) is 4.90 Å². The Morgan fingerprint density at radius 3 is 2.67 bits per heavy atom. The fourth-order valence-electron chi connectivity index (χ4n) is 3.02. The maximum Gasteiger partial charge on any atom is 0.228 e. The molecule has 0 spiro atoms. The van der Waals surface area contributed by atoms with Crippen molar-refractivity contribution in [3.63, 3.8) is 0 Å². The molecular formula is C19H17N3O2. The molecule has 1 aliphatic heterocycles. The van der Waals surface area contributed by atoms with Gasteiger partial charge < -0.3 is 4.42 Å². The van der Waals surface area contributed by atoms with Crippen LogP contribution >= 0.6 is 0 Å². The van der Waals surface area contributed by atoms with Gasteiger partial charge in [-0.3, -0.25) is 9.69 Å². The number of amides is 1. The zero-order valence-electron chi connectivity index (χ0n) is 13.4. The van der Waals surface area contributed by atoms with Gasteiger partial charge in [-0.05, 0) is 25.5 Å². The summed E-state index contributed by atoms with van der Waals surface area (Å²) in [6, 6.07) is 13.5. The van der Waals surface area contributed by atoms with Gasteiger partial charge in [0.25, 0.3) is 0 Å². The molecule has 5 nitrogen and oxygen atoms in total. The highest BCUT2D eigenvalue weighted by Gasteiger charge is 2.28. The van der Waals surface area contributed by atoms with Crippen LogP contribution in [0.15, 0.2) is 53.1 Å². The number of fused-ring (bicyclic) bond motifs is 1. The molecule has 0 atom stereocenters. The zero-order chi connectivity index (χ0) is 16.5. The Labute approximate surface area is 140 Å². The van der Waals surface area contributed by atoms with Crippen molar-refractivity contribution < 1.29 is 9.21 Å². The van der Waals surface area contributed by atoms with Gasteiger partial charge >= 0.3 is 0 Å². The highest BCUT2D eigenvalue weighted by atomic mass is 16.3. The second-order valence-corrected chi connectivity index (χ2v) is 5.86. The molecule has 0 unspecified atom stereocenters. The van der Waals surface area contributed by atoms with Crippen LogP contribution in [0.2, 0.25) is 0 Å². The Morgan fingerprint density at radius 2 is 1.92 bits per heavy atom. The Morgan fingerprint density at radius 1 is 1.08 bits per heavy atom. The Balaban J connectivity index is 1.80. The summed E-state index contributed by atoms with van der Waals surface area (Å²) in [6.45, 7) is 2.37. The molecular weight excluding hydrogens is 302 g/mol. The van der Waals surface area contributed by atoms with Gasteiger partial charge in [-0.1, -0.05) is 30.3 Å². The van der Waals surface area contributed by atoms with Crippen LogP contribution in [0.1, 0.15) is 23.4 Å².